The van der Waals surface area contributed by atoms with Gasteiger partial charge in [-0.05, 0) is 50.6 Å². The van der Waals surface area contributed by atoms with Crippen molar-refractivity contribution in [1.82, 2.24) is 19.7 Å². The van der Waals surface area contributed by atoms with Crippen LogP contribution in [0.1, 0.15) is 37.9 Å². The van der Waals surface area contributed by atoms with Gasteiger partial charge in [-0.2, -0.15) is 5.10 Å². The Hall–Kier alpha value is -4.87. The van der Waals surface area contributed by atoms with Crippen molar-refractivity contribution in [2.45, 2.75) is 45.5 Å². The van der Waals surface area contributed by atoms with E-state index in [4.69, 9.17) is 9.47 Å². The first-order chi connectivity index (χ1) is 19.9. The zero-order valence-corrected chi connectivity index (χ0v) is 23.4. The normalized spacial score (nSPS) is 12.1. The Balaban J connectivity index is 1.91. The molecule has 0 saturated carbocycles. The minimum Gasteiger partial charge on any atom is -0.494 e. The van der Waals surface area contributed by atoms with E-state index in [0.717, 1.165) is 22.8 Å². The number of benzene rings is 3. The fourth-order valence-electron chi connectivity index (χ4n) is 4.23. The van der Waals surface area contributed by atoms with Gasteiger partial charge in [0.1, 0.15) is 17.2 Å². The van der Waals surface area contributed by atoms with Crippen molar-refractivity contribution in [3.05, 3.63) is 116 Å². The SMILES string of the molecule is COc1cccc(-c2nn(Cc3c(F)cccc3F)c(=O)n(C[C@H](NC(=O)OC(C)(C)C)c3ccccc3)c2=O)c1F. The number of ether oxygens (including phenoxy) is 2. The van der Waals surface area contributed by atoms with Crippen molar-refractivity contribution in [1.29, 1.82) is 0 Å². The second-order valence-corrected chi connectivity index (χ2v) is 10.3. The summed E-state index contributed by atoms with van der Waals surface area (Å²) < 4.78 is 56.2. The zero-order chi connectivity index (χ0) is 30.6. The second kappa shape index (κ2) is 12.3. The van der Waals surface area contributed by atoms with Gasteiger partial charge in [0, 0.05) is 11.1 Å². The molecule has 1 heterocycles. The lowest BCUT2D eigenvalue weighted by Crippen LogP contribution is -2.46. The summed E-state index contributed by atoms with van der Waals surface area (Å²) in [6.45, 7) is 3.88. The molecule has 0 fully saturated rings. The number of hydrogen-bond donors (Lipinski definition) is 1. The number of halogens is 3. The Labute approximate surface area is 239 Å². The molecule has 0 spiro atoms. The predicted octanol–water partition coefficient (Wildman–Crippen LogP) is 4.81. The van der Waals surface area contributed by atoms with E-state index >= 15 is 4.39 Å². The number of carbonyl (C=O) groups excluding carboxylic acids is 1. The third-order valence-corrected chi connectivity index (χ3v) is 6.19. The zero-order valence-electron chi connectivity index (χ0n) is 23.4. The number of methoxy groups -OCH3 is 1. The monoisotopic (exact) mass is 582 g/mol. The Bertz CT molecular complexity index is 1700. The average molecular weight is 583 g/mol. The molecule has 12 heteroatoms. The van der Waals surface area contributed by atoms with Crippen LogP contribution in [0.25, 0.3) is 11.3 Å². The summed E-state index contributed by atoms with van der Waals surface area (Å²) in [5.41, 5.74) is -3.65. The maximum atomic E-state index is 15.3. The van der Waals surface area contributed by atoms with Crippen molar-refractivity contribution >= 4 is 6.09 Å². The van der Waals surface area contributed by atoms with Gasteiger partial charge in [-0.3, -0.25) is 9.36 Å². The first-order valence-electron chi connectivity index (χ1n) is 12.9. The highest BCUT2D eigenvalue weighted by Gasteiger charge is 2.26. The molecule has 1 aromatic heterocycles. The summed E-state index contributed by atoms with van der Waals surface area (Å²) in [6.07, 6.45) is -0.814. The largest absolute Gasteiger partial charge is 0.494 e. The van der Waals surface area contributed by atoms with Crippen molar-refractivity contribution < 1.29 is 27.4 Å². The van der Waals surface area contributed by atoms with E-state index in [9.17, 15) is 23.2 Å². The van der Waals surface area contributed by atoms with Gasteiger partial charge >= 0.3 is 11.8 Å². The van der Waals surface area contributed by atoms with Crippen molar-refractivity contribution in [2.24, 2.45) is 0 Å². The molecule has 1 atom stereocenters. The predicted molar refractivity (Wildman–Crippen MR) is 149 cm³/mol. The minimum absolute atomic E-state index is 0.188. The summed E-state index contributed by atoms with van der Waals surface area (Å²) in [7, 11) is 1.24. The van der Waals surface area contributed by atoms with E-state index in [1.165, 1.54) is 25.3 Å². The fraction of sp³-hybridized carbons (Fsp3) is 0.267. The maximum Gasteiger partial charge on any atom is 0.408 e. The van der Waals surface area contributed by atoms with Crippen molar-refractivity contribution in [3.8, 4) is 17.0 Å². The average Bonchev–Trinajstić information content (AvgIpc) is 2.93. The van der Waals surface area contributed by atoms with Crippen LogP contribution in [0.5, 0.6) is 5.75 Å². The Morgan fingerprint density at radius 1 is 0.952 bits per heavy atom. The topological polar surface area (TPSA) is 104 Å². The van der Waals surface area contributed by atoms with E-state index in [1.807, 2.05) is 0 Å². The molecule has 0 bridgehead atoms. The van der Waals surface area contributed by atoms with Crippen LogP contribution in [0.15, 0.2) is 76.3 Å². The van der Waals surface area contributed by atoms with Gasteiger partial charge in [0.15, 0.2) is 17.3 Å². The summed E-state index contributed by atoms with van der Waals surface area (Å²) >= 11 is 0. The first-order valence-corrected chi connectivity index (χ1v) is 12.9. The van der Waals surface area contributed by atoms with Crippen molar-refractivity contribution in [2.75, 3.05) is 7.11 Å². The molecule has 1 amide bonds. The molecule has 4 rings (SSSR count). The highest BCUT2D eigenvalue weighted by Crippen LogP contribution is 2.26. The lowest BCUT2D eigenvalue weighted by atomic mass is 10.1. The fourth-order valence-corrected chi connectivity index (χ4v) is 4.23. The van der Waals surface area contributed by atoms with Gasteiger partial charge in [-0.15, -0.1) is 0 Å². The molecule has 42 heavy (non-hydrogen) atoms. The smallest absolute Gasteiger partial charge is 0.408 e. The Kier molecular flexibility index (Phi) is 8.84. The van der Waals surface area contributed by atoms with Gasteiger partial charge in [0.05, 0.1) is 26.2 Å². The number of carbonyl (C=O) groups is 1. The van der Waals surface area contributed by atoms with Crippen LogP contribution in [0, 0.1) is 17.5 Å². The molecule has 1 N–H and O–H groups in total. The van der Waals surface area contributed by atoms with Gasteiger partial charge < -0.3 is 14.8 Å². The highest BCUT2D eigenvalue weighted by molar-refractivity contribution is 5.68. The minimum atomic E-state index is -1.04. The summed E-state index contributed by atoms with van der Waals surface area (Å²) in [4.78, 5) is 40.1. The van der Waals surface area contributed by atoms with Gasteiger partial charge in [-0.25, -0.2) is 27.4 Å². The molecule has 0 unspecified atom stereocenters. The van der Waals surface area contributed by atoms with Crippen LogP contribution in [0.3, 0.4) is 0 Å². The van der Waals surface area contributed by atoms with Crippen LogP contribution in [-0.2, 0) is 17.8 Å². The van der Waals surface area contributed by atoms with Crippen LogP contribution < -0.4 is 21.3 Å². The third-order valence-electron chi connectivity index (χ3n) is 6.19. The molecule has 0 radical (unpaired) electrons. The third kappa shape index (κ3) is 6.70. The molecule has 0 saturated heterocycles. The van der Waals surface area contributed by atoms with Gasteiger partial charge in [0.2, 0.25) is 0 Å². The lowest BCUT2D eigenvalue weighted by Gasteiger charge is -2.24. The van der Waals surface area contributed by atoms with E-state index in [-0.39, 0.29) is 11.3 Å². The summed E-state index contributed by atoms with van der Waals surface area (Å²) in [6, 6.07) is 14.7. The van der Waals surface area contributed by atoms with Crippen LogP contribution in [0.2, 0.25) is 0 Å². The summed E-state index contributed by atoms with van der Waals surface area (Å²) in [5.74, 6) is -2.99. The molecule has 0 aliphatic rings. The number of nitrogens with one attached hydrogen (secondary N) is 1. The van der Waals surface area contributed by atoms with Crippen LogP contribution in [0.4, 0.5) is 18.0 Å². The van der Waals surface area contributed by atoms with Gasteiger partial charge in [-0.1, -0.05) is 42.5 Å². The maximum absolute atomic E-state index is 15.3. The molecule has 9 nitrogen and oxygen atoms in total. The molecular weight excluding hydrogens is 553 g/mol. The van der Waals surface area contributed by atoms with E-state index in [0.29, 0.717) is 10.2 Å². The quantitative estimate of drug-likeness (QED) is 0.320. The lowest BCUT2D eigenvalue weighted by molar-refractivity contribution is 0.0497. The number of alkyl carbamates (subject to hydrolysis) is 1. The molecule has 0 aliphatic carbocycles. The van der Waals surface area contributed by atoms with E-state index in [2.05, 4.69) is 10.4 Å². The number of hydrogen-bond acceptors (Lipinski definition) is 6. The summed E-state index contributed by atoms with van der Waals surface area (Å²) in [5, 5.41) is 6.70. The van der Waals surface area contributed by atoms with Crippen LogP contribution in [-0.4, -0.2) is 33.2 Å². The van der Waals surface area contributed by atoms with E-state index < -0.39 is 70.8 Å². The standard InChI is InChI=1S/C30H29F3N4O5/c1-30(2,3)42-28(39)34-23(18-10-6-5-7-11-18)17-36-27(38)26(19-12-8-15-24(41-4)25(19)33)35-37(29(36)40)16-20-21(31)13-9-14-22(20)32/h5-15,23H,16-17H2,1-4H3,(H,34,39)/t23-/m0/s1. The number of aromatic nitrogens is 3. The first kappa shape index (κ1) is 30.1. The molecule has 0 aliphatic heterocycles. The van der Waals surface area contributed by atoms with E-state index in [1.54, 1.807) is 51.1 Å². The van der Waals surface area contributed by atoms with Crippen LogP contribution >= 0.6 is 0 Å². The van der Waals surface area contributed by atoms with Gasteiger partial charge in [0.25, 0.3) is 5.56 Å². The second-order valence-electron chi connectivity index (χ2n) is 10.3. The number of amides is 1. The molecular formula is C30H29F3N4O5. The molecule has 3 aromatic carbocycles. The molecule has 4 aromatic rings. The molecule has 220 valence electrons. The highest BCUT2D eigenvalue weighted by atomic mass is 19.1. The Morgan fingerprint density at radius 2 is 1.60 bits per heavy atom. The Morgan fingerprint density at radius 3 is 2.21 bits per heavy atom. The number of rotatable bonds is 8. The number of nitrogens with zero attached hydrogens (tertiary/aromatic N) is 3. The van der Waals surface area contributed by atoms with Crippen molar-refractivity contribution in [3.63, 3.8) is 0 Å².